The predicted molar refractivity (Wildman–Crippen MR) is 105 cm³/mol. The van der Waals surface area contributed by atoms with Crippen LogP contribution in [0, 0.1) is 10.1 Å². The molecular weight excluding hydrogens is 374 g/mol. The standard InChI is InChI=1S/C21H19N3O5/c25-21(15-29-20-5-1-4-18(11-20)24(26)27)23-13-16-6-8-19(9-7-16)28-14-17-3-2-10-22-12-17/h1-12H,13-15H2,(H,23,25). The number of hydrogen-bond acceptors (Lipinski definition) is 6. The van der Waals surface area contributed by atoms with E-state index >= 15 is 0 Å². The van der Waals surface area contributed by atoms with Crippen LogP contribution in [-0.4, -0.2) is 22.4 Å². The molecule has 1 aromatic heterocycles. The summed E-state index contributed by atoms with van der Waals surface area (Å²) < 4.78 is 11.0. The molecule has 0 aliphatic carbocycles. The van der Waals surface area contributed by atoms with Crippen molar-refractivity contribution in [1.29, 1.82) is 0 Å². The molecule has 0 atom stereocenters. The summed E-state index contributed by atoms with van der Waals surface area (Å²) in [5.41, 5.74) is 1.80. The zero-order chi connectivity index (χ0) is 20.5. The SMILES string of the molecule is O=C(COc1cccc([N+](=O)[O-])c1)NCc1ccc(OCc2cccnc2)cc1. The second kappa shape index (κ2) is 9.84. The Hall–Kier alpha value is -3.94. The Morgan fingerprint density at radius 2 is 1.83 bits per heavy atom. The van der Waals surface area contributed by atoms with Crippen molar-refractivity contribution in [3.8, 4) is 11.5 Å². The van der Waals surface area contributed by atoms with Crippen LogP contribution in [0.5, 0.6) is 11.5 Å². The van der Waals surface area contributed by atoms with Gasteiger partial charge in [0.1, 0.15) is 18.1 Å². The fourth-order valence-corrected chi connectivity index (χ4v) is 2.44. The van der Waals surface area contributed by atoms with Crippen LogP contribution < -0.4 is 14.8 Å². The number of hydrogen-bond donors (Lipinski definition) is 1. The molecule has 3 rings (SSSR count). The Morgan fingerprint density at radius 3 is 2.55 bits per heavy atom. The van der Waals surface area contributed by atoms with E-state index in [0.29, 0.717) is 13.2 Å². The van der Waals surface area contributed by atoms with E-state index in [1.54, 1.807) is 18.5 Å². The molecule has 1 amide bonds. The Kier molecular flexibility index (Phi) is 6.72. The van der Waals surface area contributed by atoms with Gasteiger partial charge in [-0.05, 0) is 29.8 Å². The highest BCUT2D eigenvalue weighted by Gasteiger charge is 2.08. The summed E-state index contributed by atoms with van der Waals surface area (Å²) in [6.45, 7) is 0.534. The number of nitro benzene ring substituents is 1. The average Bonchev–Trinajstić information content (AvgIpc) is 2.76. The van der Waals surface area contributed by atoms with Crippen LogP contribution in [-0.2, 0) is 17.9 Å². The highest BCUT2D eigenvalue weighted by atomic mass is 16.6. The predicted octanol–water partition coefficient (Wildman–Crippen LogP) is 3.26. The van der Waals surface area contributed by atoms with E-state index in [4.69, 9.17) is 9.47 Å². The largest absolute Gasteiger partial charge is 0.489 e. The van der Waals surface area contributed by atoms with Gasteiger partial charge in [-0.1, -0.05) is 24.3 Å². The first-order valence-corrected chi connectivity index (χ1v) is 8.85. The molecule has 0 unspecified atom stereocenters. The van der Waals surface area contributed by atoms with Crippen LogP contribution in [0.4, 0.5) is 5.69 Å². The minimum Gasteiger partial charge on any atom is -0.489 e. The van der Waals surface area contributed by atoms with Gasteiger partial charge in [-0.15, -0.1) is 0 Å². The molecule has 29 heavy (non-hydrogen) atoms. The number of nitro groups is 1. The maximum atomic E-state index is 11.9. The van der Waals surface area contributed by atoms with E-state index in [1.165, 1.54) is 18.2 Å². The normalized spacial score (nSPS) is 10.2. The van der Waals surface area contributed by atoms with E-state index in [1.807, 2.05) is 36.4 Å². The van der Waals surface area contributed by atoms with Crippen molar-refractivity contribution >= 4 is 11.6 Å². The minimum absolute atomic E-state index is 0.0891. The van der Waals surface area contributed by atoms with Crippen LogP contribution >= 0.6 is 0 Å². The first-order chi connectivity index (χ1) is 14.1. The van der Waals surface area contributed by atoms with Crippen molar-refractivity contribution < 1.29 is 19.2 Å². The second-order valence-corrected chi connectivity index (χ2v) is 6.11. The Balaban J connectivity index is 1.42. The average molecular weight is 393 g/mol. The third kappa shape index (κ3) is 6.31. The Bertz CT molecular complexity index is 962. The smallest absolute Gasteiger partial charge is 0.273 e. The number of pyridine rings is 1. The van der Waals surface area contributed by atoms with E-state index < -0.39 is 4.92 Å². The van der Waals surface area contributed by atoms with Crippen LogP contribution in [0.25, 0.3) is 0 Å². The highest BCUT2D eigenvalue weighted by molar-refractivity contribution is 5.77. The number of amides is 1. The number of carbonyl (C=O) groups excluding carboxylic acids is 1. The van der Waals surface area contributed by atoms with E-state index in [-0.39, 0.29) is 24.0 Å². The van der Waals surface area contributed by atoms with Crippen LogP contribution in [0.1, 0.15) is 11.1 Å². The summed E-state index contributed by atoms with van der Waals surface area (Å²) in [4.78, 5) is 26.2. The molecule has 0 bridgehead atoms. The molecule has 2 aromatic carbocycles. The van der Waals surface area contributed by atoms with Crippen molar-refractivity contribution in [1.82, 2.24) is 10.3 Å². The van der Waals surface area contributed by atoms with Crippen LogP contribution in [0.15, 0.2) is 73.1 Å². The topological polar surface area (TPSA) is 104 Å². The molecule has 0 saturated carbocycles. The summed E-state index contributed by atoms with van der Waals surface area (Å²) in [5.74, 6) is 0.663. The third-order valence-corrected chi connectivity index (χ3v) is 3.94. The molecule has 1 N–H and O–H groups in total. The fraction of sp³-hybridized carbons (Fsp3) is 0.143. The number of rotatable bonds is 9. The van der Waals surface area contributed by atoms with Crippen molar-refractivity contribution in [2.24, 2.45) is 0 Å². The maximum absolute atomic E-state index is 11.9. The molecule has 0 aliphatic rings. The molecule has 8 heteroatoms. The molecule has 3 aromatic rings. The van der Waals surface area contributed by atoms with E-state index in [0.717, 1.165) is 16.9 Å². The molecule has 1 heterocycles. The number of aromatic nitrogens is 1. The van der Waals surface area contributed by atoms with E-state index in [9.17, 15) is 14.9 Å². The van der Waals surface area contributed by atoms with Crippen molar-refractivity contribution in [3.63, 3.8) is 0 Å². The lowest BCUT2D eigenvalue weighted by molar-refractivity contribution is -0.384. The van der Waals surface area contributed by atoms with Gasteiger partial charge in [0.15, 0.2) is 6.61 Å². The number of carbonyl (C=O) groups is 1. The number of nitrogens with zero attached hydrogens (tertiary/aromatic N) is 2. The Morgan fingerprint density at radius 1 is 1.00 bits per heavy atom. The minimum atomic E-state index is -0.517. The molecule has 0 aliphatic heterocycles. The molecule has 148 valence electrons. The second-order valence-electron chi connectivity index (χ2n) is 6.11. The third-order valence-electron chi connectivity index (χ3n) is 3.94. The first-order valence-electron chi connectivity index (χ1n) is 8.85. The Labute approximate surface area is 167 Å². The lowest BCUT2D eigenvalue weighted by Crippen LogP contribution is -2.28. The maximum Gasteiger partial charge on any atom is 0.273 e. The van der Waals surface area contributed by atoms with Crippen molar-refractivity contribution in [3.05, 3.63) is 94.3 Å². The summed E-state index contributed by atoms with van der Waals surface area (Å²) >= 11 is 0. The van der Waals surface area contributed by atoms with Gasteiger partial charge >= 0.3 is 0 Å². The van der Waals surface area contributed by atoms with Gasteiger partial charge in [-0.25, -0.2) is 0 Å². The van der Waals surface area contributed by atoms with Crippen LogP contribution in [0.3, 0.4) is 0 Å². The summed E-state index contributed by atoms with van der Waals surface area (Å²) in [6, 6.07) is 16.9. The lowest BCUT2D eigenvalue weighted by atomic mass is 10.2. The zero-order valence-corrected chi connectivity index (χ0v) is 15.5. The van der Waals surface area contributed by atoms with Gasteiger partial charge in [0.2, 0.25) is 0 Å². The van der Waals surface area contributed by atoms with E-state index in [2.05, 4.69) is 10.3 Å². The zero-order valence-electron chi connectivity index (χ0n) is 15.5. The monoisotopic (exact) mass is 393 g/mol. The van der Waals surface area contributed by atoms with Crippen LogP contribution in [0.2, 0.25) is 0 Å². The van der Waals surface area contributed by atoms with Gasteiger partial charge in [-0.3, -0.25) is 19.9 Å². The van der Waals surface area contributed by atoms with Gasteiger partial charge in [0.05, 0.1) is 11.0 Å². The fourth-order valence-electron chi connectivity index (χ4n) is 2.44. The number of ether oxygens (including phenoxy) is 2. The van der Waals surface area contributed by atoms with Crippen molar-refractivity contribution in [2.45, 2.75) is 13.2 Å². The number of non-ortho nitro benzene ring substituents is 1. The molecule has 0 saturated heterocycles. The molecule has 0 radical (unpaired) electrons. The quantitative estimate of drug-likeness (QED) is 0.442. The number of nitrogens with one attached hydrogen (secondary N) is 1. The lowest BCUT2D eigenvalue weighted by Gasteiger charge is -2.09. The highest BCUT2D eigenvalue weighted by Crippen LogP contribution is 2.19. The van der Waals surface area contributed by atoms with Gasteiger partial charge in [0, 0.05) is 30.6 Å². The molecular formula is C21H19N3O5. The molecule has 8 nitrogen and oxygen atoms in total. The summed E-state index contributed by atoms with van der Waals surface area (Å²) in [5, 5.41) is 13.5. The van der Waals surface area contributed by atoms with Gasteiger partial charge in [-0.2, -0.15) is 0 Å². The first kappa shape index (κ1) is 19.8. The number of benzene rings is 2. The van der Waals surface area contributed by atoms with Crippen molar-refractivity contribution in [2.75, 3.05) is 6.61 Å². The van der Waals surface area contributed by atoms with Gasteiger partial charge in [0.25, 0.3) is 11.6 Å². The molecule has 0 spiro atoms. The summed E-state index contributed by atoms with van der Waals surface area (Å²) in [6.07, 6.45) is 3.46. The molecule has 0 fully saturated rings. The summed E-state index contributed by atoms with van der Waals surface area (Å²) in [7, 11) is 0. The van der Waals surface area contributed by atoms with Gasteiger partial charge < -0.3 is 14.8 Å².